The molecule has 0 saturated carbocycles. The zero-order chi connectivity index (χ0) is 20.5. The second kappa shape index (κ2) is 9.52. The Morgan fingerprint density at radius 3 is 2.28 bits per heavy atom. The molecule has 0 bridgehead atoms. The zero-order valence-electron chi connectivity index (χ0n) is 19.3. The van der Waals surface area contributed by atoms with Crippen molar-refractivity contribution >= 4 is 0 Å². The summed E-state index contributed by atoms with van der Waals surface area (Å²) in [6.45, 7) is 18.1. The van der Waals surface area contributed by atoms with E-state index in [2.05, 4.69) is 50.6 Å². The fourth-order valence-electron chi connectivity index (χ4n) is 6.60. The van der Waals surface area contributed by atoms with E-state index >= 15 is 0 Å². The van der Waals surface area contributed by atoms with Gasteiger partial charge in [0.25, 0.3) is 0 Å². The van der Waals surface area contributed by atoms with Crippen molar-refractivity contribution in [1.29, 1.82) is 0 Å². The Bertz CT molecular complexity index is 522. The molecule has 0 aromatic carbocycles. The standard InChI is InChI=1S/C24H45N3O2/c1-14(2)22-11-26-19(13-28-22)7-16(4)21-10-27-23-18(12-29-24(21)23)6-15(3)20-9-25-8-17(20)5/h14-27H,6-13H2,1-5H3. The predicted octanol–water partition coefficient (Wildman–Crippen LogP) is 2.51. The molecule has 0 amide bonds. The summed E-state index contributed by atoms with van der Waals surface area (Å²) in [6, 6.07) is 1.06. The van der Waals surface area contributed by atoms with Gasteiger partial charge < -0.3 is 25.4 Å². The van der Waals surface area contributed by atoms with Gasteiger partial charge in [0.1, 0.15) is 0 Å². The van der Waals surface area contributed by atoms with Gasteiger partial charge in [-0.05, 0) is 55.5 Å². The van der Waals surface area contributed by atoms with Crippen molar-refractivity contribution in [3.05, 3.63) is 0 Å². The second-order valence-electron chi connectivity index (χ2n) is 11.1. The van der Waals surface area contributed by atoms with Crippen LogP contribution in [0.2, 0.25) is 0 Å². The van der Waals surface area contributed by atoms with Gasteiger partial charge in [-0.3, -0.25) is 0 Å². The molecule has 0 aromatic rings. The summed E-state index contributed by atoms with van der Waals surface area (Å²) in [5, 5.41) is 11.2. The minimum atomic E-state index is 0.373. The van der Waals surface area contributed by atoms with Gasteiger partial charge in [0.2, 0.25) is 0 Å². The van der Waals surface area contributed by atoms with Gasteiger partial charge in [-0.1, -0.05) is 34.6 Å². The van der Waals surface area contributed by atoms with Gasteiger partial charge in [0.05, 0.1) is 25.4 Å². The molecule has 29 heavy (non-hydrogen) atoms. The topological polar surface area (TPSA) is 54.5 Å². The van der Waals surface area contributed by atoms with E-state index in [1.54, 1.807) is 0 Å². The minimum Gasteiger partial charge on any atom is -0.376 e. The van der Waals surface area contributed by atoms with Crippen molar-refractivity contribution in [2.24, 2.45) is 41.4 Å². The Kier molecular flexibility index (Phi) is 7.22. The third-order valence-corrected chi connectivity index (χ3v) is 8.61. The lowest BCUT2D eigenvalue weighted by atomic mass is 9.78. The lowest BCUT2D eigenvalue weighted by molar-refractivity contribution is -0.0286. The first-order valence-electron chi connectivity index (χ1n) is 12.3. The van der Waals surface area contributed by atoms with Crippen LogP contribution in [0.25, 0.3) is 0 Å². The lowest BCUT2D eigenvalue weighted by Crippen LogP contribution is -2.49. The highest BCUT2D eigenvalue weighted by Gasteiger charge is 2.48. The van der Waals surface area contributed by atoms with Crippen LogP contribution >= 0.6 is 0 Å². The molecule has 5 heteroatoms. The quantitative estimate of drug-likeness (QED) is 0.605. The molecule has 0 aromatic heterocycles. The van der Waals surface area contributed by atoms with E-state index in [4.69, 9.17) is 9.47 Å². The Hall–Kier alpha value is -0.200. The van der Waals surface area contributed by atoms with Gasteiger partial charge in [-0.15, -0.1) is 0 Å². The van der Waals surface area contributed by atoms with Crippen molar-refractivity contribution in [2.75, 3.05) is 39.4 Å². The largest absolute Gasteiger partial charge is 0.376 e. The summed E-state index contributed by atoms with van der Waals surface area (Å²) >= 11 is 0. The minimum absolute atomic E-state index is 0.373. The van der Waals surface area contributed by atoms with Crippen molar-refractivity contribution in [1.82, 2.24) is 16.0 Å². The molecule has 4 heterocycles. The summed E-state index contributed by atoms with van der Waals surface area (Å²) in [4.78, 5) is 0. The molecule has 0 aliphatic carbocycles. The molecule has 4 aliphatic heterocycles. The average Bonchev–Trinajstić information content (AvgIpc) is 3.39. The number of morpholine rings is 1. The fraction of sp³-hybridized carbons (Fsp3) is 1.00. The third kappa shape index (κ3) is 4.85. The van der Waals surface area contributed by atoms with Gasteiger partial charge in [0.15, 0.2) is 0 Å². The molecule has 4 fully saturated rings. The van der Waals surface area contributed by atoms with Gasteiger partial charge in [-0.2, -0.15) is 0 Å². The number of hydrogen-bond donors (Lipinski definition) is 3. The number of hydrogen-bond acceptors (Lipinski definition) is 5. The summed E-state index contributed by atoms with van der Waals surface area (Å²) in [5.41, 5.74) is 0. The third-order valence-electron chi connectivity index (χ3n) is 8.61. The molecule has 0 spiro atoms. The monoisotopic (exact) mass is 407 g/mol. The first-order chi connectivity index (χ1) is 13.9. The summed E-state index contributed by atoms with van der Waals surface area (Å²) < 4.78 is 12.5. The number of rotatable bonds is 7. The maximum absolute atomic E-state index is 6.42. The lowest BCUT2D eigenvalue weighted by Gasteiger charge is -2.35. The average molecular weight is 408 g/mol. The predicted molar refractivity (Wildman–Crippen MR) is 118 cm³/mol. The maximum Gasteiger partial charge on any atom is 0.0774 e. The molecular formula is C24H45N3O2. The molecule has 10 unspecified atom stereocenters. The second-order valence-corrected chi connectivity index (χ2v) is 11.1. The van der Waals surface area contributed by atoms with E-state index in [0.29, 0.717) is 48.0 Å². The molecule has 0 radical (unpaired) electrons. The van der Waals surface area contributed by atoms with Crippen LogP contribution in [-0.2, 0) is 9.47 Å². The van der Waals surface area contributed by atoms with Crippen LogP contribution in [0.1, 0.15) is 47.5 Å². The highest BCUT2D eigenvalue weighted by Crippen LogP contribution is 2.40. The zero-order valence-corrected chi connectivity index (χ0v) is 19.3. The maximum atomic E-state index is 6.42. The van der Waals surface area contributed by atoms with Crippen molar-refractivity contribution < 1.29 is 9.47 Å². The van der Waals surface area contributed by atoms with Crippen LogP contribution in [0.3, 0.4) is 0 Å². The SMILES string of the molecule is CC(C)C1CNC(CC(C)C2CNC3C(CC(C)C4CNCC4C)COC23)CO1. The van der Waals surface area contributed by atoms with Crippen LogP contribution in [0.4, 0.5) is 0 Å². The number of ether oxygens (including phenoxy) is 2. The van der Waals surface area contributed by atoms with Crippen LogP contribution in [0.5, 0.6) is 0 Å². The Balaban J connectivity index is 1.25. The van der Waals surface area contributed by atoms with E-state index < -0.39 is 0 Å². The normalized spacial score (nSPS) is 44.9. The Labute approximate surface area is 178 Å². The van der Waals surface area contributed by atoms with Crippen molar-refractivity contribution in [3.63, 3.8) is 0 Å². The van der Waals surface area contributed by atoms with E-state index in [1.807, 2.05) is 0 Å². The molecule has 4 aliphatic rings. The summed E-state index contributed by atoms with van der Waals surface area (Å²) in [6.07, 6.45) is 3.28. The molecule has 4 saturated heterocycles. The van der Waals surface area contributed by atoms with Crippen LogP contribution in [0, 0.1) is 41.4 Å². The van der Waals surface area contributed by atoms with E-state index in [9.17, 15) is 0 Å². The molecule has 3 N–H and O–H groups in total. The van der Waals surface area contributed by atoms with Crippen molar-refractivity contribution in [2.45, 2.75) is 71.8 Å². The summed E-state index contributed by atoms with van der Waals surface area (Å²) in [7, 11) is 0. The fourth-order valence-corrected chi connectivity index (χ4v) is 6.60. The van der Waals surface area contributed by atoms with Crippen molar-refractivity contribution in [3.8, 4) is 0 Å². The van der Waals surface area contributed by atoms with E-state index in [-0.39, 0.29) is 0 Å². The van der Waals surface area contributed by atoms with Crippen LogP contribution in [-0.4, -0.2) is 63.7 Å². The first-order valence-corrected chi connectivity index (χ1v) is 12.3. The first kappa shape index (κ1) is 22.0. The highest BCUT2D eigenvalue weighted by atomic mass is 16.5. The summed E-state index contributed by atoms with van der Waals surface area (Å²) in [5.74, 6) is 4.99. The van der Waals surface area contributed by atoms with E-state index in [0.717, 1.165) is 44.1 Å². The number of nitrogens with one attached hydrogen (secondary N) is 3. The van der Waals surface area contributed by atoms with E-state index in [1.165, 1.54) is 25.9 Å². The van der Waals surface area contributed by atoms with Gasteiger partial charge in [0, 0.05) is 37.0 Å². The Morgan fingerprint density at radius 1 is 0.828 bits per heavy atom. The van der Waals surface area contributed by atoms with Crippen LogP contribution < -0.4 is 16.0 Å². The molecule has 5 nitrogen and oxygen atoms in total. The molecule has 4 rings (SSSR count). The van der Waals surface area contributed by atoms with Gasteiger partial charge in [-0.25, -0.2) is 0 Å². The highest BCUT2D eigenvalue weighted by molar-refractivity contribution is 5.02. The smallest absolute Gasteiger partial charge is 0.0774 e. The molecule has 168 valence electrons. The molecule has 10 atom stereocenters. The Morgan fingerprint density at radius 2 is 1.62 bits per heavy atom. The molecular weight excluding hydrogens is 362 g/mol. The van der Waals surface area contributed by atoms with Gasteiger partial charge >= 0.3 is 0 Å². The number of fused-ring (bicyclic) bond motifs is 1. The van der Waals surface area contributed by atoms with Crippen LogP contribution in [0.15, 0.2) is 0 Å².